The predicted octanol–water partition coefficient (Wildman–Crippen LogP) is 2.99. The van der Waals surface area contributed by atoms with Crippen molar-refractivity contribution >= 4 is 20.8 Å². The first-order chi connectivity index (χ1) is 14.6. The monoisotopic (exact) mass is 424 g/mol. The second kappa shape index (κ2) is 7.91. The second-order valence-corrected chi connectivity index (χ2v) is 9.65. The Morgan fingerprint density at radius 1 is 0.833 bits per heavy atom. The van der Waals surface area contributed by atoms with E-state index in [9.17, 15) is 8.42 Å². The topological polar surface area (TPSA) is 59.1 Å². The van der Waals surface area contributed by atoms with Crippen molar-refractivity contribution in [2.24, 2.45) is 0 Å². The van der Waals surface area contributed by atoms with Gasteiger partial charge in [-0.2, -0.15) is 4.31 Å². The van der Waals surface area contributed by atoms with Gasteiger partial charge in [0.1, 0.15) is 12.7 Å². The van der Waals surface area contributed by atoms with E-state index in [1.807, 2.05) is 54.6 Å². The molecule has 0 aromatic heterocycles. The fourth-order valence-electron chi connectivity index (χ4n) is 4.07. The van der Waals surface area contributed by atoms with E-state index in [1.165, 1.54) is 0 Å². The van der Waals surface area contributed by atoms with E-state index in [1.54, 1.807) is 16.4 Å². The average Bonchev–Trinajstić information content (AvgIpc) is 2.79. The highest BCUT2D eigenvalue weighted by molar-refractivity contribution is 7.89. The van der Waals surface area contributed by atoms with E-state index >= 15 is 0 Å². The third kappa shape index (κ3) is 3.76. The quantitative estimate of drug-likeness (QED) is 0.645. The summed E-state index contributed by atoms with van der Waals surface area (Å²) in [6, 6.07) is 20.8. The smallest absolute Gasteiger partial charge is 0.243 e. The molecule has 0 amide bonds. The summed E-state index contributed by atoms with van der Waals surface area (Å²) in [6.45, 7) is 3.52. The van der Waals surface area contributed by atoms with Gasteiger partial charge >= 0.3 is 0 Å². The molecule has 1 saturated heterocycles. The molecule has 7 heteroatoms. The highest BCUT2D eigenvalue weighted by atomic mass is 32.2. The molecule has 6 nitrogen and oxygen atoms in total. The number of para-hydroxylation sites is 2. The Kier molecular flexibility index (Phi) is 5.10. The van der Waals surface area contributed by atoms with Crippen molar-refractivity contribution in [2.45, 2.75) is 11.0 Å². The van der Waals surface area contributed by atoms with Crippen molar-refractivity contribution < 1.29 is 17.9 Å². The molecule has 30 heavy (non-hydrogen) atoms. The highest BCUT2D eigenvalue weighted by Crippen LogP contribution is 2.31. The molecule has 0 aliphatic carbocycles. The van der Waals surface area contributed by atoms with Crippen LogP contribution in [0.5, 0.6) is 11.5 Å². The van der Waals surface area contributed by atoms with Crippen LogP contribution in [0.2, 0.25) is 0 Å². The van der Waals surface area contributed by atoms with E-state index in [-0.39, 0.29) is 6.10 Å². The van der Waals surface area contributed by atoms with Crippen LogP contribution in [0.3, 0.4) is 0 Å². The molecule has 0 spiro atoms. The highest BCUT2D eigenvalue weighted by Gasteiger charge is 2.30. The number of piperazine rings is 1. The van der Waals surface area contributed by atoms with E-state index in [4.69, 9.17) is 9.47 Å². The molecule has 3 aromatic carbocycles. The first kappa shape index (κ1) is 19.4. The van der Waals surface area contributed by atoms with E-state index in [0.29, 0.717) is 37.7 Å². The minimum atomic E-state index is -3.50. The van der Waals surface area contributed by atoms with Gasteiger partial charge in [-0.25, -0.2) is 8.42 Å². The zero-order chi connectivity index (χ0) is 20.6. The molecule has 2 aliphatic rings. The minimum Gasteiger partial charge on any atom is -0.486 e. The number of ether oxygens (including phenoxy) is 2. The Hall–Kier alpha value is -2.61. The molecule has 1 atom stereocenters. The van der Waals surface area contributed by atoms with Crippen LogP contribution in [0.15, 0.2) is 71.6 Å². The molecule has 3 aromatic rings. The molecular weight excluding hydrogens is 400 g/mol. The Balaban J connectivity index is 1.22. The number of benzene rings is 3. The van der Waals surface area contributed by atoms with E-state index in [2.05, 4.69) is 4.90 Å². The van der Waals surface area contributed by atoms with Crippen molar-refractivity contribution in [3.63, 3.8) is 0 Å². The maximum Gasteiger partial charge on any atom is 0.243 e. The van der Waals surface area contributed by atoms with Crippen LogP contribution < -0.4 is 9.47 Å². The first-order valence-corrected chi connectivity index (χ1v) is 11.6. The first-order valence-electron chi connectivity index (χ1n) is 10.2. The van der Waals surface area contributed by atoms with Gasteiger partial charge in [-0.3, -0.25) is 4.90 Å². The molecule has 0 bridgehead atoms. The van der Waals surface area contributed by atoms with Crippen molar-refractivity contribution in [2.75, 3.05) is 39.3 Å². The lowest BCUT2D eigenvalue weighted by atomic mass is 10.1. The van der Waals surface area contributed by atoms with Gasteiger partial charge in [-0.1, -0.05) is 42.5 Å². The number of rotatable bonds is 4. The lowest BCUT2D eigenvalue weighted by Gasteiger charge is -2.36. The molecule has 5 rings (SSSR count). The maximum absolute atomic E-state index is 13.1. The van der Waals surface area contributed by atoms with Crippen LogP contribution in [0.25, 0.3) is 10.8 Å². The van der Waals surface area contributed by atoms with Crippen LogP contribution in [0, 0.1) is 0 Å². The van der Waals surface area contributed by atoms with Gasteiger partial charge in [0.2, 0.25) is 10.0 Å². The van der Waals surface area contributed by atoms with Crippen LogP contribution in [-0.2, 0) is 10.0 Å². The fraction of sp³-hybridized carbons (Fsp3) is 0.304. The summed E-state index contributed by atoms with van der Waals surface area (Å²) in [5, 5.41) is 1.98. The summed E-state index contributed by atoms with van der Waals surface area (Å²) >= 11 is 0. The third-order valence-corrected chi connectivity index (χ3v) is 7.61. The average molecular weight is 425 g/mol. The van der Waals surface area contributed by atoms with Crippen LogP contribution in [0.4, 0.5) is 0 Å². The normalized spacial score (nSPS) is 20.3. The summed E-state index contributed by atoms with van der Waals surface area (Å²) in [4.78, 5) is 2.60. The molecule has 0 N–H and O–H groups in total. The SMILES string of the molecule is O=S(=O)(c1ccc2ccccc2c1)N1CCN(CC2COc3ccccc3O2)CC1. The molecular formula is C23H24N2O4S. The van der Waals surface area contributed by atoms with Crippen LogP contribution in [0.1, 0.15) is 0 Å². The van der Waals surface area contributed by atoms with Gasteiger partial charge in [0.05, 0.1) is 4.90 Å². The molecule has 2 aliphatic heterocycles. The van der Waals surface area contributed by atoms with Gasteiger partial charge in [-0.05, 0) is 35.0 Å². The summed E-state index contributed by atoms with van der Waals surface area (Å²) in [6.07, 6.45) is -0.0523. The number of hydrogen-bond acceptors (Lipinski definition) is 5. The maximum atomic E-state index is 13.1. The van der Waals surface area contributed by atoms with Gasteiger partial charge in [0.25, 0.3) is 0 Å². The van der Waals surface area contributed by atoms with Gasteiger partial charge in [0, 0.05) is 32.7 Å². The number of fused-ring (bicyclic) bond motifs is 2. The standard InChI is InChI=1S/C23H24N2O4S/c26-30(27,21-10-9-18-5-1-2-6-19(18)15-21)25-13-11-24(12-14-25)16-20-17-28-22-7-3-4-8-23(22)29-20/h1-10,15,20H,11-14,16-17H2. The van der Waals surface area contributed by atoms with Gasteiger partial charge < -0.3 is 9.47 Å². The van der Waals surface area contributed by atoms with Crippen molar-refractivity contribution in [3.8, 4) is 11.5 Å². The summed E-state index contributed by atoms with van der Waals surface area (Å²) in [5.74, 6) is 1.55. The summed E-state index contributed by atoms with van der Waals surface area (Å²) in [5.41, 5.74) is 0. The molecule has 0 radical (unpaired) electrons. The van der Waals surface area contributed by atoms with Gasteiger partial charge in [0.15, 0.2) is 11.5 Å². The van der Waals surface area contributed by atoms with Crippen LogP contribution in [-0.4, -0.2) is 63.1 Å². The molecule has 0 saturated carbocycles. The minimum absolute atomic E-state index is 0.0523. The Labute approximate surface area is 176 Å². The molecule has 1 fully saturated rings. The van der Waals surface area contributed by atoms with Crippen molar-refractivity contribution in [1.29, 1.82) is 0 Å². The Morgan fingerprint density at radius 3 is 2.33 bits per heavy atom. The molecule has 1 unspecified atom stereocenters. The third-order valence-electron chi connectivity index (χ3n) is 5.72. The number of sulfonamides is 1. The zero-order valence-corrected chi connectivity index (χ0v) is 17.4. The summed E-state index contributed by atoms with van der Waals surface area (Å²) < 4.78 is 39.7. The molecule has 156 valence electrons. The lowest BCUT2D eigenvalue weighted by molar-refractivity contribution is 0.0493. The number of nitrogens with zero attached hydrogens (tertiary/aromatic N) is 2. The van der Waals surface area contributed by atoms with Crippen LogP contribution >= 0.6 is 0 Å². The Morgan fingerprint density at radius 2 is 1.53 bits per heavy atom. The number of hydrogen-bond donors (Lipinski definition) is 0. The predicted molar refractivity (Wildman–Crippen MR) is 115 cm³/mol. The lowest BCUT2D eigenvalue weighted by Crippen LogP contribution is -2.52. The van der Waals surface area contributed by atoms with Gasteiger partial charge in [-0.15, -0.1) is 0 Å². The van der Waals surface area contributed by atoms with Crippen molar-refractivity contribution in [3.05, 3.63) is 66.7 Å². The molecule has 2 heterocycles. The Bertz CT molecular complexity index is 1160. The summed E-state index contributed by atoms with van der Waals surface area (Å²) in [7, 11) is -3.50. The zero-order valence-electron chi connectivity index (χ0n) is 16.6. The van der Waals surface area contributed by atoms with E-state index < -0.39 is 10.0 Å². The largest absolute Gasteiger partial charge is 0.486 e. The van der Waals surface area contributed by atoms with Crippen molar-refractivity contribution in [1.82, 2.24) is 9.21 Å². The fourth-order valence-corrected chi connectivity index (χ4v) is 5.53. The van der Waals surface area contributed by atoms with E-state index in [0.717, 1.165) is 28.8 Å². The second-order valence-electron chi connectivity index (χ2n) is 7.71.